The highest BCUT2D eigenvalue weighted by atomic mass is 16.3. The summed E-state index contributed by atoms with van der Waals surface area (Å²) in [5, 5.41) is 15.4. The molecule has 266 valence electrons. The first kappa shape index (κ1) is 34.7. The molecule has 0 saturated heterocycles. The molecule has 10 heteroatoms. The molecule has 0 amide bonds. The van der Waals surface area contributed by atoms with Crippen LogP contribution in [-0.2, 0) is 5.41 Å². The summed E-state index contributed by atoms with van der Waals surface area (Å²) < 4.78 is 4.43. The Kier molecular flexibility index (Phi) is 7.47. The maximum atomic E-state index is 11.1. The van der Waals surface area contributed by atoms with Gasteiger partial charge in [0.05, 0.1) is 22.1 Å². The summed E-state index contributed by atoms with van der Waals surface area (Å²) in [6.07, 6.45) is 7.52. The third-order valence-electron chi connectivity index (χ3n) is 12.5. The first-order chi connectivity index (χ1) is 28.1. The lowest BCUT2D eigenvalue weighted by molar-refractivity contribution is 0.414. The normalized spacial score (nSPS) is 15.7. The van der Waals surface area contributed by atoms with Crippen molar-refractivity contribution in [2.45, 2.75) is 25.7 Å². The van der Waals surface area contributed by atoms with Gasteiger partial charge in [0.1, 0.15) is 37.1 Å². The Balaban J connectivity index is 1.31. The van der Waals surface area contributed by atoms with E-state index in [1.165, 1.54) is 11.1 Å². The molecule has 1 N–H and O–H groups in total. The number of allylic oxidation sites excluding steroid dienone is 4. The number of phenolic OH excluding ortho intramolecular Hbond substituents is 1. The average molecular weight is 737 g/mol. The van der Waals surface area contributed by atoms with E-state index >= 15 is 0 Å². The second-order valence-corrected chi connectivity index (χ2v) is 15.8. The van der Waals surface area contributed by atoms with E-state index < -0.39 is 0 Å². The number of benzene rings is 6. The second kappa shape index (κ2) is 12.5. The van der Waals surface area contributed by atoms with Gasteiger partial charge in [0, 0.05) is 38.4 Å². The molecule has 2 aliphatic rings. The Morgan fingerprint density at radius 1 is 0.603 bits per heavy atom. The number of phenols is 1. The molecule has 9 aromatic rings. The number of hydrogen-bond donors (Lipinski definition) is 1. The van der Waals surface area contributed by atoms with E-state index in [4.69, 9.17) is 46.3 Å². The average Bonchev–Trinajstić information content (AvgIpc) is 3.86. The molecule has 3 aromatic heterocycles. The highest BCUT2D eigenvalue weighted by Crippen LogP contribution is 2.55. The molecule has 0 fully saturated rings. The van der Waals surface area contributed by atoms with Crippen LogP contribution in [0.4, 0.5) is 0 Å². The van der Waals surface area contributed by atoms with Crippen molar-refractivity contribution in [2.75, 3.05) is 0 Å². The molecule has 1 unspecified atom stereocenters. The van der Waals surface area contributed by atoms with E-state index in [-0.39, 0.29) is 44.4 Å². The van der Waals surface area contributed by atoms with Crippen LogP contribution in [0.1, 0.15) is 31.4 Å². The van der Waals surface area contributed by atoms with Crippen molar-refractivity contribution in [3.05, 3.63) is 139 Å². The fourth-order valence-electron chi connectivity index (χ4n) is 9.65. The van der Waals surface area contributed by atoms with E-state index in [9.17, 15) is 5.11 Å². The zero-order valence-corrected chi connectivity index (χ0v) is 31.9. The lowest BCUT2D eigenvalue weighted by Crippen LogP contribution is -2.44. The van der Waals surface area contributed by atoms with Gasteiger partial charge in [-0.25, -0.2) is 4.98 Å². The van der Waals surface area contributed by atoms with Gasteiger partial charge in [0.2, 0.25) is 5.95 Å². The third kappa shape index (κ3) is 4.69. The molecule has 6 nitrogen and oxygen atoms in total. The van der Waals surface area contributed by atoms with Crippen molar-refractivity contribution >= 4 is 102 Å². The van der Waals surface area contributed by atoms with Gasteiger partial charge in [0.15, 0.2) is 11.6 Å². The molecule has 0 aliphatic heterocycles. The molecule has 58 heavy (non-hydrogen) atoms. The SMILES string of the molecule is [B]c1c([B])c(O)c([B])c(-c2nc(-c3cccc4c3C3=CC=CCC3C4(C)C)nc(-n3c4ccccc4c4ccc5c6ccccc6n(-c6ccccc6)c5c43)n2)c1[B]. The smallest absolute Gasteiger partial charge is 0.238 e. The topological polar surface area (TPSA) is 68.8 Å². The summed E-state index contributed by atoms with van der Waals surface area (Å²) in [5.74, 6) is 0.851. The summed E-state index contributed by atoms with van der Waals surface area (Å²) in [6, 6.07) is 37.9. The highest BCUT2D eigenvalue weighted by Gasteiger charge is 2.44. The van der Waals surface area contributed by atoms with Gasteiger partial charge in [0.25, 0.3) is 0 Å². The molecular formula is C48H31B4N5O. The first-order valence-electron chi connectivity index (χ1n) is 19.4. The van der Waals surface area contributed by atoms with Crippen LogP contribution in [0.3, 0.4) is 0 Å². The molecule has 6 aromatic carbocycles. The van der Waals surface area contributed by atoms with Gasteiger partial charge >= 0.3 is 0 Å². The van der Waals surface area contributed by atoms with Crippen molar-refractivity contribution in [1.29, 1.82) is 0 Å². The van der Waals surface area contributed by atoms with Crippen molar-refractivity contribution in [3.63, 3.8) is 0 Å². The summed E-state index contributed by atoms with van der Waals surface area (Å²) in [5.41, 5.74) is 9.33. The predicted octanol–water partition coefficient (Wildman–Crippen LogP) is 6.53. The number of fused-ring (bicyclic) bond motifs is 10. The minimum absolute atomic E-state index is 0.000468. The van der Waals surface area contributed by atoms with E-state index in [0.29, 0.717) is 17.7 Å². The lowest BCUT2D eigenvalue weighted by atomic mass is 9.66. The summed E-state index contributed by atoms with van der Waals surface area (Å²) in [6.45, 7) is 4.61. The Morgan fingerprint density at radius 2 is 1.24 bits per heavy atom. The number of rotatable bonds is 4. The molecular weight excluding hydrogens is 706 g/mol. The number of hydrogen-bond acceptors (Lipinski definition) is 4. The van der Waals surface area contributed by atoms with Gasteiger partial charge in [-0.05, 0) is 64.2 Å². The highest BCUT2D eigenvalue weighted by molar-refractivity contribution is 6.62. The van der Waals surface area contributed by atoms with E-state index in [1.807, 2.05) is 18.2 Å². The monoisotopic (exact) mass is 737 g/mol. The van der Waals surface area contributed by atoms with E-state index in [1.54, 1.807) is 0 Å². The van der Waals surface area contributed by atoms with Crippen LogP contribution in [-0.4, -0.2) is 60.6 Å². The van der Waals surface area contributed by atoms with Crippen molar-refractivity contribution in [2.24, 2.45) is 5.92 Å². The predicted molar refractivity (Wildman–Crippen MR) is 241 cm³/mol. The van der Waals surface area contributed by atoms with Crippen LogP contribution < -0.4 is 21.9 Å². The Bertz CT molecular complexity index is 3280. The summed E-state index contributed by atoms with van der Waals surface area (Å²) in [4.78, 5) is 15.8. The van der Waals surface area contributed by atoms with E-state index in [0.717, 1.165) is 66.8 Å². The fourth-order valence-corrected chi connectivity index (χ4v) is 9.65. The summed E-state index contributed by atoms with van der Waals surface area (Å²) in [7, 11) is 25.9. The molecule has 11 rings (SSSR count). The van der Waals surface area contributed by atoms with E-state index in [2.05, 4.69) is 132 Å². The molecule has 1 atom stereocenters. The number of aromatic hydroxyl groups is 1. The number of para-hydroxylation sites is 3. The Labute approximate surface area is 340 Å². The zero-order valence-electron chi connectivity index (χ0n) is 31.9. The van der Waals surface area contributed by atoms with Crippen LogP contribution >= 0.6 is 0 Å². The molecule has 0 saturated carbocycles. The van der Waals surface area contributed by atoms with Gasteiger partial charge < -0.3 is 9.67 Å². The van der Waals surface area contributed by atoms with Crippen LogP contribution in [0.5, 0.6) is 5.75 Å². The standard InChI is InChI=1S/C48H31B4N5O/c1-48(2)32-19-9-6-17-30(32)36-31(18-12-20-33(36)48)45-53-46(37-38(49)40(51)41(52)44(58)39(37)50)55-47(54-45)57-35-22-11-8-16-27(35)29-24-23-28-26-15-7-10-21-34(26)56(42(28)43(29)57)25-13-4-3-5-14-25/h3-18,20-24,32,58H,19H2,1-2H3. The maximum absolute atomic E-state index is 11.1. The Morgan fingerprint density at radius 3 is 1.97 bits per heavy atom. The molecule has 3 heterocycles. The number of nitrogens with zero attached hydrogens (tertiary/aromatic N) is 5. The van der Waals surface area contributed by atoms with Crippen molar-refractivity contribution in [3.8, 4) is 40.2 Å². The first-order valence-corrected chi connectivity index (χ1v) is 19.4. The van der Waals surface area contributed by atoms with Crippen molar-refractivity contribution in [1.82, 2.24) is 24.1 Å². The zero-order chi connectivity index (χ0) is 39.6. The van der Waals surface area contributed by atoms with Gasteiger partial charge in [-0.2, -0.15) is 9.97 Å². The third-order valence-corrected chi connectivity index (χ3v) is 12.5. The minimum atomic E-state index is -0.375. The van der Waals surface area contributed by atoms with Gasteiger partial charge in [-0.15, -0.1) is 5.46 Å². The summed E-state index contributed by atoms with van der Waals surface area (Å²) >= 11 is 0. The molecule has 0 bridgehead atoms. The maximum Gasteiger partial charge on any atom is 0.238 e. The number of aromatic nitrogens is 5. The second-order valence-electron chi connectivity index (χ2n) is 15.8. The van der Waals surface area contributed by atoms with Gasteiger partial charge in [-0.1, -0.05) is 128 Å². The largest absolute Gasteiger partial charge is 0.509 e. The van der Waals surface area contributed by atoms with Gasteiger partial charge in [-0.3, -0.25) is 4.57 Å². The molecule has 8 radical (unpaired) electrons. The van der Waals surface area contributed by atoms with Crippen LogP contribution in [0.25, 0.3) is 83.6 Å². The van der Waals surface area contributed by atoms with Crippen molar-refractivity contribution < 1.29 is 5.11 Å². The Hall–Kier alpha value is -6.53. The lowest BCUT2D eigenvalue weighted by Gasteiger charge is -2.29. The minimum Gasteiger partial charge on any atom is -0.509 e. The quantitative estimate of drug-likeness (QED) is 0.209. The van der Waals surface area contributed by atoms with Crippen LogP contribution in [0, 0.1) is 5.92 Å². The van der Waals surface area contributed by atoms with Crippen LogP contribution in [0.2, 0.25) is 0 Å². The molecule has 2 aliphatic carbocycles. The molecule has 0 spiro atoms. The van der Waals surface area contributed by atoms with Crippen LogP contribution in [0.15, 0.2) is 127 Å². The fraction of sp³-hybridized carbons (Fsp3) is 0.104.